The predicted octanol–water partition coefficient (Wildman–Crippen LogP) is 6.56. The number of aliphatic hydroxyl groups is 1. The number of para-hydroxylation sites is 1. The highest BCUT2D eigenvalue weighted by atomic mass is 16.5. The number of ether oxygens (including phenoxy) is 3. The Balaban J connectivity index is 0.000000265. The Morgan fingerprint density at radius 1 is 0.944 bits per heavy atom. The third-order valence-electron chi connectivity index (χ3n) is 5.86. The maximum Gasteiger partial charge on any atom is 0.161 e. The van der Waals surface area contributed by atoms with Crippen molar-refractivity contribution in [2.24, 2.45) is 5.92 Å². The molecule has 0 spiro atoms. The van der Waals surface area contributed by atoms with Gasteiger partial charge >= 0.3 is 0 Å². The number of fused-ring (bicyclic) bond motifs is 1. The number of aromatic amines is 1. The van der Waals surface area contributed by atoms with Crippen molar-refractivity contribution in [1.82, 2.24) is 4.98 Å². The van der Waals surface area contributed by atoms with E-state index in [0.29, 0.717) is 28.7 Å². The van der Waals surface area contributed by atoms with Crippen LogP contribution in [0.1, 0.15) is 37.2 Å². The number of aliphatic hydroxyl groups excluding tert-OH is 1. The number of carbonyl (C=O) groups excluding carboxylic acids is 1. The van der Waals surface area contributed by atoms with Crippen molar-refractivity contribution >= 4 is 16.7 Å². The molecule has 3 aromatic carbocycles. The molecule has 6 nitrogen and oxygen atoms in total. The topological polar surface area (TPSA) is 80.8 Å². The first-order valence-corrected chi connectivity index (χ1v) is 11.5. The zero-order valence-electron chi connectivity index (χ0n) is 20.9. The lowest BCUT2D eigenvalue weighted by atomic mass is 9.97. The van der Waals surface area contributed by atoms with Crippen LogP contribution in [0.15, 0.2) is 66.9 Å². The van der Waals surface area contributed by atoms with E-state index in [1.54, 1.807) is 34.3 Å². The zero-order chi connectivity index (χ0) is 25.4. The Labute approximate surface area is 213 Å². The van der Waals surface area contributed by atoms with Gasteiger partial charge < -0.3 is 24.3 Å². The van der Waals surface area contributed by atoms with Gasteiger partial charge in [-0.05, 0) is 72.4 Å². The van der Waals surface area contributed by atoms with Gasteiger partial charge in [-0.15, -0.1) is 0 Å². The average molecular weight is 492 g/mol. The fourth-order valence-electron chi connectivity index (χ4n) is 3.94. The van der Waals surface area contributed by atoms with Crippen LogP contribution < -0.4 is 14.2 Å². The minimum atomic E-state index is -0.0151. The lowest BCUT2D eigenvalue weighted by molar-refractivity contribution is 0.101. The molecule has 1 aromatic heterocycles. The molecule has 6 heteroatoms. The maximum absolute atomic E-state index is 11.9. The van der Waals surface area contributed by atoms with Crippen LogP contribution in [-0.4, -0.2) is 43.8 Å². The van der Waals surface area contributed by atoms with Crippen LogP contribution >= 0.6 is 0 Å². The van der Waals surface area contributed by atoms with Crippen LogP contribution in [0.25, 0.3) is 22.0 Å². The van der Waals surface area contributed by atoms with Gasteiger partial charge in [0.15, 0.2) is 17.3 Å². The second-order valence-corrected chi connectivity index (χ2v) is 8.39. The fourth-order valence-corrected chi connectivity index (χ4v) is 3.94. The maximum atomic E-state index is 11.9. The van der Waals surface area contributed by atoms with E-state index in [-0.39, 0.29) is 19.8 Å². The van der Waals surface area contributed by atoms with Crippen LogP contribution in [-0.2, 0) is 6.42 Å². The van der Waals surface area contributed by atoms with Gasteiger partial charge in [-0.2, -0.15) is 0 Å². The molecular formula is C30H37NO5. The quantitative estimate of drug-likeness (QED) is 0.273. The molecule has 0 aliphatic rings. The molecule has 0 aliphatic carbocycles. The molecule has 0 radical (unpaired) electrons. The molecule has 0 bridgehead atoms. The zero-order valence-corrected chi connectivity index (χ0v) is 20.9. The van der Waals surface area contributed by atoms with Crippen molar-refractivity contribution in [3.63, 3.8) is 0 Å². The van der Waals surface area contributed by atoms with Crippen molar-refractivity contribution in [2.45, 2.75) is 27.7 Å². The Morgan fingerprint density at radius 2 is 1.67 bits per heavy atom. The summed E-state index contributed by atoms with van der Waals surface area (Å²) >= 11 is 0. The first-order valence-electron chi connectivity index (χ1n) is 11.5. The van der Waals surface area contributed by atoms with E-state index < -0.39 is 0 Å². The summed E-state index contributed by atoms with van der Waals surface area (Å²) in [6, 6.07) is 19.3. The molecule has 192 valence electrons. The Morgan fingerprint density at radius 3 is 2.31 bits per heavy atom. The summed E-state index contributed by atoms with van der Waals surface area (Å²) in [5.74, 6) is 2.25. The summed E-state index contributed by atoms with van der Waals surface area (Å²) in [5.41, 5.74) is 4.81. The summed E-state index contributed by atoms with van der Waals surface area (Å²) in [4.78, 5) is 15.1. The van der Waals surface area contributed by atoms with Gasteiger partial charge in [0.2, 0.25) is 0 Å². The fraction of sp³-hybridized carbons (Fsp3) is 0.300. The highest BCUT2D eigenvalue weighted by molar-refractivity contribution is 6.01. The SMILES string of the molecule is C.CC(CO)Cc1c[nH]c2ccccc12.COc1ccc(-c2ccc(OC)c(OC)c2)c(C(C)=O)c1. The van der Waals surface area contributed by atoms with E-state index >= 15 is 0 Å². The van der Waals surface area contributed by atoms with Crippen molar-refractivity contribution < 1.29 is 24.1 Å². The Hall–Kier alpha value is -3.77. The largest absolute Gasteiger partial charge is 0.497 e. The molecule has 0 amide bonds. The Kier molecular flexibility index (Phi) is 10.6. The van der Waals surface area contributed by atoms with E-state index in [2.05, 4.69) is 24.0 Å². The van der Waals surface area contributed by atoms with Gasteiger partial charge in [-0.25, -0.2) is 0 Å². The van der Waals surface area contributed by atoms with Gasteiger partial charge in [-0.1, -0.05) is 38.6 Å². The second-order valence-electron chi connectivity index (χ2n) is 8.39. The van der Waals surface area contributed by atoms with Gasteiger partial charge in [0.1, 0.15) is 5.75 Å². The van der Waals surface area contributed by atoms with E-state index in [4.69, 9.17) is 19.3 Å². The third-order valence-corrected chi connectivity index (χ3v) is 5.86. The molecule has 2 N–H and O–H groups in total. The summed E-state index contributed by atoms with van der Waals surface area (Å²) in [6.45, 7) is 3.85. The number of aromatic nitrogens is 1. The number of carbonyl (C=O) groups is 1. The number of ketones is 1. The molecule has 0 saturated heterocycles. The number of rotatable bonds is 8. The first kappa shape index (κ1) is 28.5. The van der Waals surface area contributed by atoms with Gasteiger partial charge in [-0.3, -0.25) is 4.79 Å². The first-order chi connectivity index (χ1) is 16.9. The minimum absolute atomic E-state index is 0. The predicted molar refractivity (Wildman–Crippen MR) is 147 cm³/mol. The number of H-pyrrole nitrogens is 1. The molecule has 36 heavy (non-hydrogen) atoms. The number of methoxy groups -OCH3 is 3. The molecule has 1 heterocycles. The van der Waals surface area contributed by atoms with E-state index in [9.17, 15) is 4.79 Å². The summed E-state index contributed by atoms with van der Waals surface area (Å²) in [6.07, 6.45) is 2.97. The van der Waals surface area contributed by atoms with Crippen molar-refractivity contribution in [1.29, 1.82) is 0 Å². The number of hydrogen-bond acceptors (Lipinski definition) is 5. The summed E-state index contributed by atoms with van der Waals surface area (Å²) in [5, 5.41) is 10.3. The molecule has 4 rings (SSSR count). The lowest BCUT2D eigenvalue weighted by Gasteiger charge is -2.12. The van der Waals surface area contributed by atoms with Crippen LogP contribution in [0, 0.1) is 5.92 Å². The number of hydrogen-bond donors (Lipinski definition) is 2. The van der Waals surface area contributed by atoms with Gasteiger partial charge in [0.05, 0.1) is 21.3 Å². The summed E-state index contributed by atoms with van der Waals surface area (Å²) < 4.78 is 15.7. The normalized spacial score (nSPS) is 11.1. The van der Waals surface area contributed by atoms with Gasteiger partial charge in [0.25, 0.3) is 0 Å². The molecule has 1 atom stereocenters. The highest BCUT2D eigenvalue weighted by Crippen LogP contribution is 2.35. The molecule has 0 fully saturated rings. The monoisotopic (exact) mass is 491 g/mol. The molecule has 4 aromatic rings. The van der Waals surface area contributed by atoms with Crippen LogP contribution in [0.5, 0.6) is 17.2 Å². The molecule has 1 unspecified atom stereocenters. The number of benzene rings is 3. The summed E-state index contributed by atoms with van der Waals surface area (Å²) in [7, 11) is 4.75. The van der Waals surface area contributed by atoms with Crippen molar-refractivity contribution in [3.8, 4) is 28.4 Å². The second kappa shape index (κ2) is 13.4. The van der Waals surface area contributed by atoms with E-state index in [1.807, 2.05) is 48.7 Å². The lowest BCUT2D eigenvalue weighted by Crippen LogP contribution is -2.03. The van der Waals surface area contributed by atoms with Crippen LogP contribution in [0.3, 0.4) is 0 Å². The highest BCUT2D eigenvalue weighted by Gasteiger charge is 2.13. The third kappa shape index (κ3) is 6.67. The number of nitrogens with one attached hydrogen (secondary N) is 1. The smallest absolute Gasteiger partial charge is 0.161 e. The number of Topliss-reactive ketones (excluding diaryl/α,β-unsaturated/α-hetero) is 1. The minimum Gasteiger partial charge on any atom is -0.497 e. The van der Waals surface area contributed by atoms with E-state index in [0.717, 1.165) is 17.5 Å². The van der Waals surface area contributed by atoms with Crippen molar-refractivity contribution in [2.75, 3.05) is 27.9 Å². The Bertz CT molecular complexity index is 1280. The van der Waals surface area contributed by atoms with Crippen LogP contribution in [0.4, 0.5) is 0 Å². The molecule has 0 saturated carbocycles. The van der Waals surface area contributed by atoms with Crippen molar-refractivity contribution in [3.05, 3.63) is 78.0 Å². The van der Waals surface area contributed by atoms with Gasteiger partial charge in [0, 0.05) is 29.3 Å². The van der Waals surface area contributed by atoms with E-state index in [1.165, 1.54) is 16.5 Å². The molecule has 0 aliphatic heterocycles. The average Bonchev–Trinajstić information content (AvgIpc) is 3.30. The standard InChI is InChI=1S/C17H18O4.C12H15NO.CH4/c1-11(18)15-10-13(19-2)6-7-14(15)12-5-8-16(20-3)17(9-12)21-4;1-9(8-14)6-10-7-13-12-5-3-2-4-11(10)12;/h5-10H,1-4H3;2-5,7,9,13-14H,6,8H2,1H3;1H4. The molecular weight excluding hydrogens is 454 g/mol. The van der Waals surface area contributed by atoms with Crippen LogP contribution in [0.2, 0.25) is 0 Å².